The molecule has 21 heavy (non-hydrogen) atoms. The lowest BCUT2D eigenvalue weighted by Gasteiger charge is -2.10. The summed E-state index contributed by atoms with van der Waals surface area (Å²) in [4.78, 5) is 24.4. The molecule has 1 aromatic carbocycles. The molecule has 1 heterocycles. The number of anilines is 1. The summed E-state index contributed by atoms with van der Waals surface area (Å²) in [6, 6.07) is 7.52. The van der Waals surface area contributed by atoms with E-state index in [2.05, 4.69) is 26.6 Å². The van der Waals surface area contributed by atoms with Gasteiger partial charge in [0, 0.05) is 10.2 Å². The smallest absolute Gasteiger partial charge is 0.262 e. The fourth-order valence-electron chi connectivity index (χ4n) is 1.78. The molecule has 2 amide bonds. The number of carbonyl (C=O) groups excluding carboxylic acids is 2. The second-order valence-corrected chi connectivity index (χ2v) is 6.35. The lowest BCUT2D eigenvalue weighted by atomic mass is 10.1. The number of halogens is 1. The van der Waals surface area contributed by atoms with E-state index >= 15 is 0 Å². The van der Waals surface area contributed by atoms with Gasteiger partial charge in [-0.15, -0.1) is 11.3 Å². The van der Waals surface area contributed by atoms with Crippen molar-refractivity contribution in [2.24, 2.45) is 0 Å². The predicted octanol–water partition coefficient (Wildman–Crippen LogP) is 3.50. The Labute approximate surface area is 135 Å². The zero-order valence-electron chi connectivity index (χ0n) is 11.7. The van der Waals surface area contributed by atoms with Gasteiger partial charge in [0.15, 0.2) is 0 Å². The van der Waals surface area contributed by atoms with E-state index < -0.39 is 0 Å². The van der Waals surface area contributed by atoms with Crippen molar-refractivity contribution in [3.8, 4) is 0 Å². The third-order valence-corrected chi connectivity index (χ3v) is 4.95. The van der Waals surface area contributed by atoms with Crippen LogP contribution in [0.2, 0.25) is 0 Å². The number of rotatable bonds is 4. The molecule has 2 N–H and O–H groups in total. The van der Waals surface area contributed by atoms with Gasteiger partial charge in [-0.05, 0) is 58.4 Å². The molecule has 0 saturated heterocycles. The Morgan fingerprint density at radius 2 is 2.00 bits per heavy atom. The number of hydrogen-bond donors (Lipinski definition) is 2. The molecule has 0 aliphatic heterocycles. The number of hydrogen-bond acceptors (Lipinski definition) is 3. The quantitative estimate of drug-likeness (QED) is 0.869. The normalized spacial score (nSPS) is 10.2. The minimum atomic E-state index is -0.256. The van der Waals surface area contributed by atoms with Gasteiger partial charge >= 0.3 is 0 Å². The molecule has 110 valence electrons. The highest BCUT2D eigenvalue weighted by Gasteiger charge is 2.13. The van der Waals surface area contributed by atoms with Crippen molar-refractivity contribution >= 4 is 44.8 Å². The second-order valence-electron chi connectivity index (χ2n) is 4.58. The summed E-state index contributed by atoms with van der Waals surface area (Å²) in [5, 5.41) is 7.23. The molecule has 2 aromatic rings. The van der Waals surface area contributed by atoms with Crippen molar-refractivity contribution in [3.63, 3.8) is 0 Å². The van der Waals surface area contributed by atoms with Gasteiger partial charge in [0.2, 0.25) is 5.91 Å². The van der Waals surface area contributed by atoms with Crippen LogP contribution in [0.15, 0.2) is 34.1 Å². The van der Waals surface area contributed by atoms with E-state index in [4.69, 9.17) is 0 Å². The first-order chi connectivity index (χ1) is 9.99. The molecule has 2 rings (SSSR count). The molecular formula is C15H15BrN2O2S. The summed E-state index contributed by atoms with van der Waals surface area (Å²) >= 11 is 4.62. The molecule has 0 bridgehead atoms. The molecule has 6 heteroatoms. The molecule has 0 aliphatic rings. The molecule has 0 aliphatic carbocycles. The summed E-state index contributed by atoms with van der Waals surface area (Å²) in [5.41, 5.74) is 2.91. The monoisotopic (exact) mass is 366 g/mol. The second kappa shape index (κ2) is 6.87. The van der Waals surface area contributed by atoms with Gasteiger partial charge in [-0.25, -0.2) is 0 Å². The Bertz CT molecular complexity index is 682. The number of aryl methyl sites for hydroxylation is 1. The predicted molar refractivity (Wildman–Crippen MR) is 88.9 cm³/mol. The van der Waals surface area contributed by atoms with E-state index in [9.17, 15) is 9.59 Å². The van der Waals surface area contributed by atoms with Crippen LogP contribution in [0.4, 0.5) is 5.69 Å². The van der Waals surface area contributed by atoms with Crippen LogP contribution < -0.4 is 10.6 Å². The minimum Gasteiger partial charge on any atom is -0.342 e. The van der Waals surface area contributed by atoms with E-state index in [1.807, 2.05) is 37.4 Å². The topological polar surface area (TPSA) is 58.2 Å². The van der Waals surface area contributed by atoms with Crippen LogP contribution in [0, 0.1) is 13.8 Å². The van der Waals surface area contributed by atoms with Gasteiger partial charge in [0.05, 0.1) is 6.54 Å². The lowest BCUT2D eigenvalue weighted by Crippen LogP contribution is -2.32. The first kappa shape index (κ1) is 15.7. The zero-order chi connectivity index (χ0) is 15.4. The highest BCUT2D eigenvalue weighted by atomic mass is 79.9. The first-order valence-corrected chi connectivity index (χ1v) is 8.03. The van der Waals surface area contributed by atoms with Crippen LogP contribution in [0.5, 0.6) is 0 Å². The van der Waals surface area contributed by atoms with Gasteiger partial charge < -0.3 is 10.6 Å². The maximum atomic E-state index is 11.9. The van der Waals surface area contributed by atoms with Crippen molar-refractivity contribution in [2.45, 2.75) is 13.8 Å². The molecule has 0 spiro atoms. The number of carbonyl (C=O) groups is 2. The Morgan fingerprint density at radius 3 is 2.67 bits per heavy atom. The molecular weight excluding hydrogens is 352 g/mol. The van der Waals surface area contributed by atoms with Gasteiger partial charge in [-0.2, -0.15) is 0 Å². The van der Waals surface area contributed by atoms with Crippen LogP contribution in [0.1, 0.15) is 20.8 Å². The van der Waals surface area contributed by atoms with Gasteiger partial charge in [-0.3, -0.25) is 9.59 Å². The number of thiophene rings is 1. The highest BCUT2D eigenvalue weighted by Crippen LogP contribution is 2.22. The average Bonchev–Trinajstić information content (AvgIpc) is 2.87. The maximum Gasteiger partial charge on any atom is 0.262 e. The molecule has 0 fully saturated rings. The molecule has 4 nitrogen and oxygen atoms in total. The third kappa shape index (κ3) is 3.92. The van der Waals surface area contributed by atoms with Crippen LogP contribution in [0.25, 0.3) is 0 Å². The maximum absolute atomic E-state index is 11.9. The van der Waals surface area contributed by atoms with E-state index in [1.165, 1.54) is 11.3 Å². The summed E-state index contributed by atoms with van der Waals surface area (Å²) in [6.45, 7) is 3.88. The van der Waals surface area contributed by atoms with Crippen LogP contribution in [0.3, 0.4) is 0 Å². The van der Waals surface area contributed by atoms with E-state index in [0.29, 0.717) is 4.88 Å². The summed E-state index contributed by atoms with van der Waals surface area (Å²) in [6.07, 6.45) is 0. The Hall–Kier alpha value is -1.66. The van der Waals surface area contributed by atoms with Gasteiger partial charge in [0.25, 0.3) is 5.91 Å². The third-order valence-electron chi connectivity index (χ3n) is 3.11. The molecule has 1 aromatic heterocycles. The van der Waals surface area contributed by atoms with Crippen LogP contribution in [-0.4, -0.2) is 18.4 Å². The molecule has 0 unspecified atom stereocenters. The van der Waals surface area contributed by atoms with Crippen molar-refractivity contribution in [2.75, 3.05) is 11.9 Å². The van der Waals surface area contributed by atoms with Crippen molar-refractivity contribution in [1.29, 1.82) is 0 Å². The SMILES string of the molecule is Cc1cccc(NC(=O)CNC(=O)c2sccc2Br)c1C. The van der Waals surface area contributed by atoms with E-state index in [0.717, 1.165) is 21.3 Å². The van der Waals surface area contributed by atoms with Crippen molar-refractivity contribution < 1.29 is 9.59 Å². The van der Waals surface area contributed by atoms with E-state index in [-0.39, 0.29) is 18.4 Å². The van der Waals surface area contributed by atoms with Gasteiger partial charge in [0.1, 0.15) is 4.88 Å². The summed E-state index contributed by atoms with van der Waals surface area (Å²) in [5.74, 6) is -0.502. The standard InChI is InChI=1S/C15H15BrN2O2S/c1-9-4-3-5-12(10(9)2)18-13(19)8-17-15(20)14-11(16)6-7-21-14/h3-7H,8H2,1-2H3,(H,17,20)(H,18,19). The lowest BCUT2D eigenvalue weighted by molar-refractivity contribution is -0.115. The molecule has 0 radical (unpaired) electrons. The Kier molecular flexibility index (Phi) is 5.14. The average molecular weight is 367 g/mol. The first-order valence-electron chi connectivity index (χ1n) is 6.36. The van der Waals surface area contributed by atoms with Crippen LogP contribution in [-0.2, 0) is 4.79 Å². The van der Waals surface area contributed by atoms with Gasteiger partial charge in [-0.1, -0.05) is 12.1 Å². The zero-order valence-corrected chi connectivity index (χ0v) is 14.1. The number of nitrogens with one attached hydrogen (secondary N) is 2. The summed E-state index contributed by atoms with van der Waals surface area (Å²) < 4.78 is 0.736. The fourth-order valence-corrected chi connectivity index (χ4v) is 3.25. The number of benzene rings is 1. The van der Waals surface area contributed by atoms with Crippen molar-refractivity contribution in [3.05, 3.63) is 50.1 Å². The molecule has 0 saturated carbocycles. The largest absolute Gasteiger partial charge is 0.342 e. The van der Waals surface area contributed by atoms with Crippen LogP contribution >= 0.6 is 27.3 Å². The Morgan fingerprint density at radius 1 is 1.24 bits per heavy atom. The fraction of sp³-hybridized carbons (Fsp3) is 0.200. The minimum absolute atomic E-state index is 0.0590. The molecule has 0 atom stereocenters. The van der Waals surface area contributed by atoms with Crippen molar-refractivity contribution in [1.82, 2.24) is 5.32 Å². The summed E-state index contributed by atoms with van der Waals surface area (Å²) in [7, 11) is 0. The Balaban J connectivity index is 1.92. The van der Waals surface area contributed by atoms with E-state index in [1.54, 1.807) is 6.07 Å². The number of amides is 2. The highest BCUT2D eigenvalue weighted by molar-refractivity contribution is 9.10.